The Bertz CT molecular complexity index is 784. The molecule has 22 heavy (non-hydrogen) atoms. The van der Waals surface area contributed by atoms with E-state index >= 15 is 0 Å². The zero-order chi connectivity index (χ0) is 16.0. The van der Waals surface area contributed by atoms with E-state index in [-0.39, 0.29) is 9.79 Å². The Labute approximate surface area is 130 Å². The van der Waals surface area contributed by atoms with Crippen LogP contribution in [0.2, 0.25) is 0 Å². The second-order valence-corrected chi connectivity index (χ2v) is 9.23. The first-order valence-electron chi connectivity index (χ1n) is 7.24. The van der Waals surface area contributed by atoms with Gasteiger partial charge in [-0.1, -0.05) is 6.42 Å². The molecule has 0 aromatic heterocycles. The predicted molar refractivity (Wildman–Crippen MR) is 82.5 cm³/mol. The first-order chi connectivity index (χ1) is 10.3. The highest BCUT2D eigenvalue weighted by Crippen LogP contribution is 2.30. The molecule has 2 aliphatic heterocycles. The van der Waals surface area contributed by atoms with E-state index in [0.29, 0.717) is 18.8 Å². The summed E-state index contributed by atoms with van der Waals surface area (Å²) in [6, 6.07) is 4.21. The summed E-state index contributed by atoms with van der Waals surface area (Å²) in [4.78, 5) is -0.00133. The normalized spacial score (nSPS) is 25.2. The molecule has 1 aromatic rings. The summed E-state index contributed by atoms with van der Waals surface area (Å²) in [7, 11) is -7.35. The number of nitrogens with one attached hydrogen (secondary N) is 2. The van der Waals surface area contributed by atoms with Gasteiger partial charge in [0.25, 0.3) is 0 Å². The molecular weight excluding hydrogens is 326 g/mol. The first kappa shape index (κ1) is 15.7. The summed E-state index contributed by atoms with van der Waals surface area (Å²) in [5, 5.41) is 2.97. The summed E-state index contributed by atoms with van der Waals surface area (Å²) >= 11 is 0. The van der Waals surface area contributed by atoms with Gasteiger partial charge in [-0.2, -0.15) is 9.03 Å². The molecule has 1 saturated heterocycles. The lowest BCUT2D eigenvalue weighted by Crippen LogP contribution is -2.42. The standard InChI is InChI=1S/C13H19N3O4S2/c1-10-14-12-6-5-11(9-13(12)21(17,18)15-10)22(19,20)16-7-3-2-4-8-16/h5-6,9-10,14-15H,2-4,7-8H2,1H3. The third-order valence-electron chi connectivity index (χ3n) is 3.90. The molecule has 1 aromatic carbocycles. The Morgan fingerprint density at radius 1 is 1.18 bits per heavy atom. The van der Waals surface area contributed by atoms with Crippen LogP contribution in [0.25, 0.3) is 0 Å². The van der Waals surface area contributed by atoms with Crippen molar-refractivity contribution in [3.8, 4) is 0 Å². The molecule has 0 saturated carbocycles. The quantitative estimate of drug-likeness (QED) is 0.831. The van der Waals surface area contributed by atoms with Crippen molar-refractivity contribution in [1.82, 2.24) is 9.03 Å². The van der Waals surface area contributed by atoms with Crippen LogP contribution in [-0.2, 0) is 20.0 Å². The molecule has 0 amide bonds. The van der Waals surface area contributed by atoms with E-state index < -0.39 is 26.2 Å². The number of hydrogen-bond acceptors (Lipinski definition) is 5. The molecule has 2 N–H and O–H groups in total. The lowest BCUT2D eigenvalue weighted by Gasteiger charge is -2.28. The average molecular weight is 345 g/mol. The van der Waals surface area contributed by atoms with Crippen LogP contribution in [0.3, 0.4) is 0 Å². The van der Waals surface area contributed by atoms with E-state index in [4.69, 9.17) is 0 Å². The van der Waals surface area contributed by atoms with Crippen LogP contribution in [0.4, 0.5) is 5.69 Å². The third-order valence-corrected chi connectivity index (χ3v) is 7.37. The van der Waals surface area contributed by atoms with Crippen molar-refractivity contribution in [2.24, 2.45) is 0 Å². The van der Waals surface area contributed by atoms with Crippen LogP contribution >= 0.6 is 0 Å². The zero-order valence-corrected chi connectivity index (χ0v) is 13.9. The van der Waals surface area contributed by atoms with Crippen LogP contribution in [0.5, 0.6) is 0 Å². The van der Waals surface area contributed by atoms with Gasteiger partial charge in [-0.05, 0) is 38.0 Å². The smallest absolute Gasteiger partial charge is 0.244 e. The minimum absolute atomic E-state index is 0.0230. The number of rotatable bonds is 2. The Kier molecular flexibility index (Phi) is 3.92. The number of benzene rings is 1. The Morgan fingerprint density at radius 3 is 2.55 bits per heavy atom. The van der Waals surface area contributed by atoms with Gasteiger partial charge in [0, 0.05) is 13.1 Å². The molecule has 2 aliphatic rings. The summed E-state index contributed by atoms with van der Waals surface area (Å²) < 4.78 is 53.5. The zero-order valence-electron chi connectivity index (χ0n) is 12.2. The molecule has 0 radical (unpaired) electrons. The highest BCUT2D eigenvalue weighted by atomic mass is 32.2. The van der Waals surface area contributed by atoms with Gasteiger partial charge in [0.15, 0.2) is 0 Å². The van der Waals surface area contributed by atoms with Crippen molar-refractivity contribution in [3.05, 3.63) is 18.2 Å². The average Bonchev–Trinajstić information content (AvgIpc) is 2.47. The van der Waals surface area contributed by atoms with Crippen molar-refractivity contribution < 1.29 is 16.8 Å². The molecule has 0 spiro atoms. The van der Waals surface area contributed by atoms with Crippen LogP contribution in [0.15, 0.2) is 28.0 Å². The van der Waals surface area contributed by atoms with Crippen molar-refractivity contribution in [3.63, 3.8) is 0 Å². The van der Waals surface area contributed by atoms with E-state index in [1.807, 2.05) is 0 Å². The molecule has 1 atom stereocenters. The van der Waals surface area contributed by atoms with Gasteiger partial charge in [0.1, 0.15) is 4.90 Å². The lowest BCUT2D eigenvalue weighted by atomic mass is 10.2. The number of sulfonamides is 2. The molecule has 7 nitrogen and oxygen atoms in total. The van der Waals surface area contributed by atoms with Crippen LogP contribution in [-0.4, -0.2) is 40.4 Å². The van der Waals surface area contributed by atoms with Gasteiger partial charge >= 0.3 is 0 Å². The molecule has 2 heterocycles. The van der Waals surface area contributed by atoms with Crippen molar-refractivity contribution in [2.45, 2.75) is 42.1 Å². The molecule has 0 bridgehead atoms. The Balaban J connectivity index is 2.03. The molecule has 3 rings (SSSR count). The van der Waals surface area contributed by atoms with Crippen LogP contribution < -0.4 is 10.0 Å². The monoisotopic (exact) mass is 345 g/mol. The van der Waals surface area contributed by atoms with E-state index in [2.05, 4.69) is 10.0 Å². The topological polar surface area (TPSA) is 95.6 Å². The maximum Gasteiger partial charge on any atom is 0.244 e. The van der Waals surface area contributed by atoms with E-state index in [1.54, 1.807) is 6.92 Å². The Hall–Kier alpha value is -1.16. The fourth-order valence-corrected chi connectivity index (χ4v) is 5.79. The maximum absolute atomic E-state index is 12.6. The second-order valence-electron chi connectivity index (χ2n) is 5.61. The number of anilines is 1. The molecular formula is C13H19N3O4S2. The molecule has 9 heteroatoms. The molecule has 1 fully saturated rings. The lowest BCUT2D eigenvalue weighted by molar-refractivity contribution is 0.346. The van der Waals surface area contributed by atoms with Crippen molar-refractivity contribution >= 4 is 25.7 Å². The third kappa shape index (κ3) is 2.73. The van der Waals surface area contributed by atoms with E-state index in [0.717, 1.165) is 19.3 Å². The largest absolute Gasteiger partial charge is 0.368 e. The molecule has 1 unspecified atom stereocenters. The fourth-order valence-electron chi connectivity index (χ4n) is 2.82. The minimum atomic E-state index is -3.70. The summed E-state index contributed by atoms with van der Waals surface area (Å²) in [5.74, 6) is 0. The highest BCUT2D eigenvalue weighted by molar-refractivity contribution is 7.90. The van der Waals surface area contributed by atoms with Gasteiger partial charge < -0.3 is 5.32 Å². The summed E-state index contributed by atoms with van der Waals surface area (Å²) in [6.45, 7) is 2.65. The van der Waals surface area contributed by atoms with Crippen LogP contribution in [0.1, 0.15) is 26.2 Å². The number of piperidine rings is 1. The maximum atomic E-state index is 12.6. The highest BCUT2D eigenvalue weighted by Gasteiger charge is 2.31. The summed E-state index contributed by atoms with van der Waals surface area (Å²) in [5.41, 5.74) is 0.420. The predicted octanol–water partition coefficient (Wildman–Crippen LogP) is 0.911. The molecule has 0 aliphatic carbocycles. The second kappa shape index (κ2) is 5.48. The fraction of sp³-hybridized carbons (Fsp3) is 0.538. The first-order valence-corrected chi connectivity index (χ1v) is 10.2. The number of hydrogen-bond donors (Lipinski definition) is 2. The van der Waals surface area contributed by atoms with Gasteiger partial charge in [-0.3, -0.25) is 0 Å². The van der Waals surface area contributed by atoms with Gasteiger partial charge in [-0.15, -0.1) is 0 Å². The van der Waals surface area contributed by atoms with Gasteiger partial charge in [-0.25, -0.2) is 16.8 Å². The SMILES string of the molecule is CC1Nc2ccc(S(=O)(=O)N3CCCCC3)cc2S(=O)(=O)N1. The van der Waals surface area contributed by atoms with Gasteiger partial charge in [0.2, 0.25) is 20.0 Å². The van der Waals surface area contributed by atoms with Gasteiger partial charge in [0.05, 0.1) is 16.7 Å². The minimum Gasteiger partial charge on any atom is -0.368 e. The van der Waals surface area contributed by atoms with E-state index in [9.17, 15) is 16.8 Å². The van der Waals surface area contributed by atoms with Crippen molar-refractivity contribution in [1.29, 1.82) is 0 Å². The number of fused-ring (bicyclic) bond motifs is 1. The molecule has 122 valence electrons. The number of nitrogens with zero attached hydrogens (tertiary/aromatic N) is 1. The van der Waals surface area contributed by atoms with E-state index in [1.165, 1.54) is 22.5 Å². The van der Waals surface area contributed by atoms with Crippen LogP contribution in [0, 0.1) is 0 Å². The Morgan fingerprint density at radius 2 is 1.86 bits per heavy atom. The van der Waals surface area contributed by atoms with Crippen molar-refractivity contribution in [2.75, 3.05) is 18.4 Å². The summed E-state index contributed by atoms with van der Waals surface area (Å²) in [6.07, 6.45) is 2.27.